The van der Waals surface area contributed by atoms with Crippen molar-refractivity contribution in [3.05, 3.63) is 35.9 Å². The minimum absolute atomic E-state index is 0.271. The van der Waals surface area contributed by atoms with Gasteiger partial charge in [0.1, 0.15) is 5.75 Å². The van der Waals surface area contributed by atoms with E-state index in [0.29, 0.717) is 24.1 Å². The van der Waals surface area contributed by atoms with Gasteiger partial charge in [0.05, 0.1) is 7.11 Å². The number of halogens is 2. The van der Waals surface area contributed by atoms with Crippen LogP contribution >= 0.6 is 0 Å². The minimum atomic E-state index is -0.934. The molecule has 0 aromatic heterocycles. The third-order valence-electron chi connectivity index (χ3n) is 2.07. The predicted octanol–water partition coefficient (Wildman–Crippen LogP) is 2.34. The Morgan fingerprint density at radius 2 is 2.00 bits per heavy atom. The summed E-state index contributed by atoms with van der Waals surface area (Å²) in [4.78, 5) is 0. The lowest BCUT2D eigenvalue weighted by Crippen LogP contribution is -2.01. The molecule has 2 N–H and O–H groups in total. The van der Waals surface area contributed by atoms with Crippen molar-refractivity contribution in [1.29, 1.82) is 0 Å². The van der Waals surface area contributed by atoms with E-state index in [0.717, 1.165) is 12.1 Å². The van der Waals surface area contributed by atoms with Crippen LogP contribution in [0.1, 0.15) is 12.0 Å². The predicted molar refractivity (Wildman–Crippen MR) is 55.6 cm³/mol. The molecule has 0 bridgehead atoms. The normalized spacial score (nSPS) is 10.1. The van der Waals surface area contributed by atoms with Gasteiger partial charge in [-0.25, -0.2) is 8.78 Å². The molecule has 0 atom stereocenters. The van der Waals surface area contributed by atoms with Gasteiger partial charge in [-0.1, -0.05) is 6.58 Å². The van der Waals surface area contributed by atoms with E-state index in [1.165, 1.54) is 7.11 Å². The summed E-state index contributed by atoms with van der Waals surface area (Å²) in [6.07, 6.45) is 0.515. The maximum absolute atomic E-state index is 13.0. The first-order valence-corrected chi connectivity index (χ1v) is 4.51. The quantitative estimate of drug-likeness (QED) is 0.833. The summed E-state index contributed by atoms with van der Waals surface area (Å²) < 4.78 is 30.8. The molecule has 0 unspecified atom stereocenters. The maximum atomic E-state index is 13.0. The van der Waals surface area contributed by atoms with Gasteiger partial charge in [-0.3, -0.25) is 0 Å². The van der Waals surface area contributed by atoms with Gasteiger partial charge < -0.3 is 10.5 Å². The van der Waals surface area contributed by atoms with Gasteiger partial charge in [0.15, 0.2) is 11.6 Å². The number of rotatable bonds is 4. The molecule has 1 aromatic carbocycles. The van der Waals surface area contributed by atoms with E-state index in [1.807, 2.05) is 0 Å². The van der Waals surface area contributed by atoms with Gasteiger partial charge in [-0.05, 0) is 24.6 Å². The SMILES string of the molecule is C=C(CCN)c1cc(F)c(F)cc1OC. The van der Waals surface area contributed by atoms with Crippen molar-refractivity contribution < 1.29 is 13.5 Å². The molecule has 1 aromatic rings. The van der Waals surface area contributed by atoms with Crippen molar-refractivity contribution in [2.75, 3.05) is 13.7 Å². The lowest BCUT2D eigenvalue weighted by atomic mass is 10.0. The Hall–Kier alpha value is -1.42. The van der Waals surface area contributed by atoms with Gasteiger partial charge in [0.25, 0.3) is 0 Å². The van der Waals surface area contributed by atoms with Gasteiger partial charge in [-0.15, -0.1) is 0 Å². The highest BCUT2D eigenvalue weighted by Crippen LogP contribution is 2.28. The summed E-state index contributed by atoms with van der Waals surface area (Å²) in [5, 5.41) is 0. The van der Waals surface area contributed by atoms with Crippen LogP contribution in [0.4, 0.5) is 8.78 Å². The van der Waals surface area contributed by atoms with Crippen molar-refractivity contribution in [3.8, 4) is 5.75 Å². The lowest BCUT2D eigenvalue weighted by Gasteiger charge is -2.10. The molecule has 2 nitrogen and oxygen atoms in total. The number of benzene rings is 1. The Morgan fingerprint density at radius 3 is 2.53 bits per heavy atom. The summed E-state index contributed by atoms with van der Waals surface area (Å²) in [5.74, 6) is -1.58. The first-order valence-electron chi connectivity index (χ1n) is 4.51. The first kappa shape index (κ1) is 11.7. The second-order valence-electron chi connectivity index (χ2n) is 3.11. The van der Waals surface area contributed by atoms with Crippen LogP contribution in [0.5, 0.6) is 5.75 Å². The number of nitrogens with two attached hydrogens (primary N) is 1. The molecule has 0 saturated carbocycles. The monoisotopic (exact) mass is 213 g/mol. The third-order valence-corrected chi connectivity index (χ3v) is 2.07. The molecule has 0 heterocycles. The van der Waals surface area contributed by atoms with Crippen molar-refractivity contribution in [3.63, 3.8) is 0 Å². The molecule has 0 saturated heterocycles. The summed E-state index contributed by atoms with van der Waals surface area (Å²) >= 11 is 0. The number of hydrogen-bond donors (Lipinski definition) is 1. The highest BCUT2D eigenvalue weighted by atomic mass is 19.2. The molecular weight excluding hydrogens is 200 g/mol. The Morgan fingerprint density at radius 1 is 1.40 bits per heavy atom. The second kappa shape index (κ2) is 4.89. The zero-order valence-corrected chi connectivity index (χ0v) is 8.52. The Bertz CT molecular complexity index is 377. The minimum Gasteiger partial charge on any atom is -0.496 e. The van der Waals surface area contributed by atoms with Gasteiger partial charge in [-0.2, -0.15) is 0 Å². The van der Waals surface area contributed by atoms with E-state index < -0.39 is 11.6 Å². The van der Waals surface area contributed by atoms with Crippen molar-refractivity contribution in [1.82, 2.24) is 0 Å². The van der Waals surface area contributed by atoms with Crippen LogP contribution < -0.4 is 10.5 Å². The van der Waals surface area contributed by atoms with E-state index in [4.69, 9.17) is 10.5 Å². The van der Waals surface area contributed by atoms with Crippen molar-refractivity contribution in [2.45, 2.75) is 6.42 Å². The van der Waals surface area contributed by atoms with Crippen LogP contribution in [0.3, 0.4) is 0 Å². The van der Waals surface area contributed by atoms with Gasteiger partial charge in [0, 0.05) is 11.6 Å². The third kappa shape index (κ3) is 2.53. The molecular formula is C11H13F2NO. The molecule has 0 aliphatic carbocycles. The van der Waals surface area contributed by atoms with Crippen LogP contribution in [0, 0.1) is 11.6 Å². The lowest BCUT2D eigenvalue weighted by molar-refractivity contribution is 0.405. The standard InChI is InChI=1S/C11H13F2NO/c1-7(3-4-14)8-5-9(12)10(13)6-11(8)15-2/h5-6H,1,3-4,14H2,2H3. The fourth-order valence-electron chi connectivity index (χ4n) is 1.28. The fourth-order valence-corrected chi connectivity index (χ4v) is 1.28. The van der Waals surface area contributed by atoms with Gasteiger partial charge >= 0.3 is 0 Å². The van der Waals surface area contributed by atoms with Crippen LogP contribution in [-0.4, -0.2) is 13.7 Å². The summed E-state index contributed by atoms with van der Waals surface area (Å²) in [6.45, 7) is 4.15. The van der Waals surface area contributed by atoms with E-state index in [2.05, 4.69) is 6.58 Å². The summed E-state index contributed by atoms with van der Waals surface area (Å²) in [6, 6.07) is 2.08. The summed E-state index contributed by atoms with van der Waals surface area (Å²) in [7, 11) is 1.39. The van der Waals surface area contributed by atoms with Gasteiger partial charge in [0.2, 0.25) is 0 Å². The smallest absolute Gasteiger partial charge is 0.162 e. The molecule has 0 fully saturated rings. The molecule has 0 amide bonds. The van der Waals surface area contributed by atoms with Crippen LogP contribution in [0.15, 0.2) is 18.7 Å². The average molecular weight is 213 g/mol. The van der Waals surface area contributed by atoms with E-state index in [-0.39, 0.29) is 5.75 Å². The fraction of sp³-hybridized carbons (Fsp3) is 0.273. The van der Waals surface area contributed by atoms with Crippen LogP contribution in [0.25, 0.3) is 5.57 Å². The average Bonchev–Trinajstić information content (AvgIpc) is 2.21. The Kier molecular flexibility index (Phi) is 3.80. The zero-order valence-electron chi connectivity index (χ0n) is 8.52. The maximum Gasteiger partial charge on any atom is 0.162 e. The van der Waals surface area contributed by atoms with Crippen molar-refractivity contribution >= 4 is 5.57 Å². The molecule has 0 aliphatic heterocycles. The Balaban J connectivity index is 3.15. The molecule has 1 rings (SSSR count). The molecule has 0 spiro atoms. The molecule has 0 radical (unpaired) electrons. The number of methoxy groups -OCH3 is 1. The number of hydrogen-bond acceptors (Lipinski definition) is 2. The molecule has 15 heavy (non-hydrogen) atoms. The molecule has 0 aliphatic rings. The van der Waals surface area contributed by atoms with Crippen LogP contribution in [0.2, 0.25) is 0 Å². The summed E-state index contributed by atoms with van der Waals surface area (Å²) in [5.41, 5.74) is 6.45. The number of ether oxygens (including phenoxy) is 1. The zero-order chi connectivity index (χ0) is 11.4. The highest BCUT2D eigenvalue weighted by molar-refractivity contribution is 5.69. The van der Waals surface area contributed by atoms with E-state index >= 15 is 0 Å². The van der Waals surface area contributed by atoms with E-state index in [9.17, 15) is 8.78 Å². The first-order chi connectivity index (χ1) is 7.10. The largest absolute Gasteiger partial charge is 0.496 e. The molecule has 82 valence electrons. The topological polar surface area (TPSA) is 35.2 Å². The second-order valence-corrected chi connectivity index (χ2v) is 3.11. The Labute approximate surface area is 87.4 Å². The van der Waals surface area contributed by atoms with Crippen molar-refractivity contribution in [2.24, 2.45) is 5.73 Å². The van der Waals surface area contributed by atoms with Crippen LogP contribution in [-0.2, 0) is 0 Å². The highest BCUT2D eigenvalue weighted by Gasteiger charge is 2.12. The molecule has 4 heteroatoms. The van der Waals surface area contributed by atoms with E-state index in [1.54, 1.807) is 0 Å².